The van der Waals surface area contributed by atoms with E-state index in [4.69, 9.17) is 19.2 Å². The highest BCUT2D eigenvalue weighted by Gasteiger charge is 2.18. The molecule has 0 spiro atoms. The second kappa shape index (κ2) is 8.51. The Morgan fingerprint density at radius 2 is 1.85 bits per heavy atom. The number of fused-ring (bicyclic) bond motifs is 1. The molecule has 1 fully saturated rings. The van der Waals surface area contributed by atoms with Crippen molar-refractivity contribution in [1.29, 1.82) is 0 Å². The van der Waals surface area contributed by atoms with Crippen molar-refractivity contribution >= 4 is 10.9 Å². The largest absolute Gasteiger partial charge is 0.493 e. The number of nitrogens with zero attached hydrogens (tertiary/aromatic N) is 3. The zero-order valence-corrected chi connectivity index (χ0v) is 15.8. The summed E-state index contributed by atoms with van der Waals surface area (Å²) in [5.41, 5.74) is 0.622. The molecule has 0 aliphatic carbocycles. The quantitative estimate of drug-likeness (QED) is 0.752. The van der Waals surface area contributed by atoms with Gasteiger partial charge in [0.05, 0.1) is 44.9 Å². The summed E-state index contributed by atoms with van der Waals surface area (Å²) in [5, 5.41) is 0.560. The van der Waals surface area contributed by atoms with E-state index >= 15 is 0 Å². The number of aromatic nitrogens is 2. The van der Waals surface area contributed by atoms with Crippen LogP contribution in [0.3, 0.4) is 0 Å². The van der Waals surface area contributed by atoms with E-state index in [9.17, 15) is 4.79 Å². The minimum absolute atomic E-state index is 0.0207. The van der Waals surface area contributed by atoms with Gasteiger partial charge in [-0.2, -0.15) is 0 Å². The van der Waals surface area contributed by atoms with Gasteiger partial charge in [0.1, 0.15) is 5.82 Å². The third-order valence-corrected chi connectivity index (χ3v) is 4.74. The molecule has 1 aromatic carbocycles. The van der Waals surface area contributed by atoms with E-state index < -0.39 is 0 Å². The molecule has 0 unspecified atom stereocenters. The lowest BCUT2D eigenvalue weighted by Crippen LogP contribution is -2.38. The summed E-state index contributed by atoms with van der Waals surface area (Å²) in [7, 11) is 3.15. The zero-order valence-electron chi connectivity index (χ0n) is 15.8. The van der Waals surface area contributed by atoms with Gasteiger partial charge in [0, 0.05) is 25.7 Å². The molecule has 7 nitrogen and oxygen atoms in total. The van der Waals surface area contributed by atoms with Crippen LogP contribution in [0.4, 0.5) is 0 Å². The molecule has 7 heteroatoms. The maximum atomic E-state index is 13.1. The van der Waals surface area contributed by atoms with Crippen LogP contribution in [0.2, 0.25) is 0 Å². The van der Waals surface area contributed by atoms with Crippen molar-refractivity contribution in [2.75, 3.05) is 40.5 Å². The van der Waals surface area contributed by atoms with Crippen molar-refractivity contribution in [2.45, 2.75) is 32.9 Å². The molecule has 1 aliphatic rings. The summed E-state index contributed by atoms with van der Waals surface area (Å²) >= 11 is 0. The van der Waals surface area contributed by atoms with E-state index in [1.165, 1.54) is 0 Å². The molecule has 0 saturated carbocycles. The molecule has 0 atom stereocenters. The molecule has 2 heterocycles. The van der Waals surface area contributed by atoms with Gasteiger partial charge in [-0.15, -0.1) is 0 Å². The fourth-order valence-corrected chi connectivity index (χ4v) is 3.22. The molecule has 0 N–H and O–H groups in total. The molecule has 2 aromatic rings. The molecule has 1 aliphatic heterocycles. The van der Waals surface area contributed by atoms with Crippen LogP contribution in [0, 0.1) is 0 Å². The normalized spacial score (nSPS) is 15.3. The van der Waals surface area contributed by atoms with E-state index in [2.05, 4.69) is 11.8 Å². The van der Waals surface area contributed by atoms with Gasteiger partial charge in [-0.3, -0.25) is 14.3 Å². The van der Waals surface area contributed by atoms with Crippen molar-refractivity contribution in [2.24, 2.45) is 0 Å². The van der Waals surface area contributed by atoms with Gasteiger partial charge < -0.3 is 14.2 Å². The number of hydrogen-bond acceptors (Lipinski definition) is 6. The number of rotatable bonds is 7. The van der Waals surface area contributed by atoms with Gasteiger partial charge in [-0.05, 0) is 12.5 Å². The SMILES string of the molecule is CCCCn1c(CN2CCOCC2)nc2cc(OC)c(OC)cc2c1=O. The average molecular weight is 361 g/mol. The Morgan fingerprint density at radius 1 is 1.15 bits per heavy atom. The molecule has 0 bridgehead atoms. The van der Waals surface area contributed by atoms with E-state index in [0.717, 1.165) is 45.0 Å². The summed E-state index contributed by atoms with van der Waals surface area (Å²) in [4.78, 5) is 20.2. The van der Waals surface area contributed by atoms with Gasteiger partial charge in [0.2, 0.25) is 0 Å². The number of unbranched alkanes of at least 4 members (excludes halogenated alkanes) is 1. The average Bonchev–Trinajstić information content (AvgIpc) is 2.67. The Labute approximate surface area is 153 Å². The van der Waals surface area contributed by atoms with E-state index in [-0.39, 0.29) is 5.56 Å². The Balaban J connectivity index is 2.09. The number of hydrogen-bond donors (Lipinski definition) is 0. The number of morpholine rings is 1. The Hall–Kier alpha value is -2.12. The number of ether oxygens (including phenoxy) is 3. The molecule has 0 radical (unpaired) electrons. The molecule has 1 saturated heterocycles. The minimum Gasteiger partial charge on any atom is -0.493 e. The van der Waals surface area contributed by atoms with Crippen LogP contribution in [-0.4, -0.2) is 55.0 Å². The molecule has 3 rings (SSSR count). The fraction of sp³-hybridized carbons (Fsp3) is 0.579. The first kappa shape index (κ1) is 18.7. The topological polar surface area (TPSA) is 65.8 Å². The lowest BCUT2D eigenvalue weighted by Gasteiger charge is -2.27. The maximum absolute atomic E-state index is 13.1. The highest BCUT2D eigenvalue weighted by molar-refractivity contribution is 5.82. The lowest BCUT2D eigenvalue weighted by molar-refractivity contribution is 0.0324. The predicted molar refractivity (Wildman–Crippen MR) is 100 cm³/mol. The summed E-state index contributed by atoms with van der Waals surface area (Å²) in [5.74, 6) is 1.92. The summed E-state index contributed by atoms with van der Waals surface area (Å²) < 4.78 is 18.0. The van der Waals surface area contributed by atoms with Crippen LogP contribution in [-0.2, 0) is 17.8 Å². The molecule has 1 aromatic heterocycles. The van der Waals surface area contributed by atoms with Crippen LogP contribution >= 0.6 is 0 Å². The molecule has 0 amide bonds. The van der Waals surface area contributed by atoms with Gasteiger partial charge in [-0.1, -0.05) is 13.3 Å². The first-order valence-corrected chi connectivity index (χ1v) is 9.13. The van der Waals surface area contributed by atoms with Crippen molar-refractivity contribution < 1.29 is 14.2 Å². The second-order valence-corrected chi connectivity index (χ2v) is 6.45. The molecule has 26 heavy (non-hydrogen) atoms. The highest BCUT2D eigenvalue weighted by atomic mass is 16.5. The summed E-state index contributed by atoms with van der Waals surface area (Å²) in [6.07, 6.45) is 1.96. The molecular weight excluding hydrogens is 334 g/mol. The van der Waals surface area contributed by atoms with Gasteiger partial charge in [-0.25, -0.2) is 4.98 Å². The monoisotopic (exact) mass is 361 g/mol. The van der Waals surface area contributed by atoms with Gasteiger partial charge in [0.25, 0.3) is 5.56 Å². The zero-order chi connectivity index (χ0) is 18.5. The molecular formula is C19H27N3O4. The lowest BCUT2D eigenvalue weighted by atomic mass is 10.2. The number of benzene rings is 1. The van der Waals surface area contributed by atoms with Gasteiger partial charge >= 0.3 is 0 Å². The Bertz CT molecular complexity index is 813. The van der Waals surface area contributed by atoms with Crippen LogP contribution in [0.5, 0.6) is 11.5 Å². The van der Waals surface area contributed by atoms with E-state index in [0.29, 0.717) is 35.5 Å². The van der Waals surface area contributed by atoms with Crippen molar-refractivity contribution in [3.8, 4) is 11.5 Å². The minimum atomic E-state index is -0.0207. The van der Waals surface area contributed by atoms with Crippen molar-refractivity contribution in [3.05, 3.63) is 28.3 Å². The first-order valence-electron chi connectivity index (χ1n) is 9.13. The third-order valence-electron chi connectivity index (χ3n) is 4.74. The van der Waals surface area contributed by atoms with Gasteiger partial charge in [0.15, 0.2) is 11.5 Å². The maximum Gasteiger partial charge on any atom is 0.261 e. The summed E-state index contributed by atoms with van der Waals surface area (Å²) in [6, 6.07) is 3.51. The standard InChI is InChI=1S/C19H27N3O4/c1-4-5-6-22-18(13-21-7-9-26-10-8-21)20-15-12-17(25-3)16(24-2)11-14(15)19(22)23/h11-12H,4-10,13H2,1-3H3. The van der Waals surface area contributed by atoms with E-state index in [1.54, 1.807) is 26.4 Å². The van der Waals surface area contributed by atoms with E-state index in [1.807, 2.05) is 4.57 Å². The van der Waals surface area contributed by atoms with Crippen LogP contribution < -0.4 is 15.0 Å². The van der Waals surface area contributed by atoms with Crippen LogP contribution in [0.1, 0.15) is 25.6 Å². The van der Waals surface area contributed by atoms with Crippen LogP contribution in [0.15, 0.2) is 16.9 Å². The van der Waals surface area contributed by atoms with Crippen molar-refractivity contribution in [3.63, 3.8) is 0 Å². The Kier molecular flexibility index (Phi) is 6.11. The smallest absolute Gasteiger partial charge is 0.261 e. The third kappa shape index (κ3) is 3.83. The summed E-state index contributed by atoms with van der Waals surface area (Å²) in [6.45, 7) is 6.59. The van der Waals surface area contributed by atoms with Crippen LogP contribution in [0.25, 0.3) is 10.9 Å². The molecule has 142 valence electrons. The second-order valence-electron chi connectivity index (χ2n) is 6.45. The first-order chi connectivity index (χ1) is 12.7. The Morgan fingerprint density at radius 3 is 2.50 bits per heavy atom. The fourth-order valence-electron chi connectivity index (χ4n) is 3.22. The van der Waals surface area contributed by atoms with Crippen molar-refractivity contribution in [1.82, 2.24) is 14.5 Å². The predicted octanol–water partition coefficient (Wildman–Crippen LogP) is 2.05. The highest BCUT2D eigenvalue weighted by Crippen LogP contribution is 2.30. The number of methoxy groups -OCH3 is 2.